The molecule has 0 bridgehead atoms. The minimum atomic E-state index is -0.130. The summed E-state index contributed by atoms with van der Waals surface area (Å²) in [6.45, 7) is 4.84. The van der Waals surface area contributed by atoms with Gasteiger partial charge in [0.05, 0.1) is 11.4 Å². The Morgan fingerprint density at radius 1 is 1.22 bits per heavy atom. The van der Waals surface area contributed by atoms with Gasteiger partial charge in [-0.15, -0.1) is 0 Å². The predicted molar refractivity (Wildman–Crippen MR) is 74.1 cm³/mol. The monoisotopic (exact) mass is 245 g/mol. The van der Waals surface area contributed by atoms with Crippen LogP contribution in [0.1, 0.15) is 25.5 Å². The fraction of sp³-hybridized carbons (Fsp3) is 0.357. The van der Waals surface area contributed by atoms with E-state index in [1.54, 1.807) is 4.68 Å². The second-order valence-electron chi connectivity index (χ2n) is 4.43. The number of hydrogen-bond acceptors (Lipinski definition) is 2. The first-order valence-electron chi connectivity index (χ1n) is 6.30. The van der Waals surface area contributed by atoms with Gasteiger partial charge in [0, 0.05) is 6.54 Å². The molecule has 0 fully saturated rings. The molecule has 18 heavy (non-hydrogen) atoms. The molecule has 96 valence electrons. The molecule has 4 heteroatoms. The molecule has 1 aromatic carbocycles. The van der Waals surface area contributed by atoms with Gasteiger partial charge in [0.25, 0.3) is 5.56 Å². The van der Waals surface area contributed by atoms with Crippen LogP contribution in [0, 0.1) is 6.92 Å². The molecule has 0 aliphatic heterocycles. The van der Waals surface area contributed by atoms with Crippen LogP contribution in [0.5, 0.6) is 0 Å². The Bertz CT molecular complexity index is 581. The Kier molecular flexibility index (Phi) is 3.55. The van der Waals surface area contributed by atoms with Crippen molar-refractivity contribution in [3.05, 3.63) is 46.4 Å². The molecule has 4 nitrogen and oxygen atoms in total. The third-order valence-corrected chi connectivity index (χ3v) is 3.17. The van der Waals surface area contributed by atoms with Gasteiger partial charge in [-0.3, -0.25) is 9.48 Å². The van der Waals surface area contributed by atoms with Crippen LogP contribution in [-0.4, -0.2) is 9.36 Å². The molecule has 1 heterocycles. The highest BCUT2D eigenvalue weighted by atomic mass is 16.1. The first-order chi connectivity index (χ1) is 8.66. The number of hydrogen-bond donors (Lipinski definition) is 1. The van der Waals surface area contributed by atoms with Gasteiger partial charge in [-0.25, -0.2) is 4.68 Å². The molecule has 2 aromatic rings. The lowest BCUT2D eigenvalue weighted by atomic mass is 10.3. The number of nitrogens with zero attached hydrogens (tertiary/aromatic N) is 2. The quantitative estimate of drug-likeness (QED) is 0.898. The van der Waals surface area contributed by atoms with Crippen LogP contribution < -0.4 is 11.3 Å². The fourth-order valence-corrected chi connectivity index (χ4v) is 2.07. The standard InChI is InChI=1S/C14H19N3O/c1-3-4-10-16-11(2)13(15)14(18)17(16)12-8-6-5-7-9-12/h5-9H,3-4,10,15H2,1-2H3. The van der Waals surface area contributed by atoms with Crippen molar-refractivity contribution in [1.29, 1.82) is 0 Å². The largest absolute Gasteiger partial charge is 0.393 e. The molecule has 1 aromatic heterocycles. The normalized spacial score (nSPS) is 10.8. The van der Waals surface area contributed by atoms with E-state index in [1.165, 1.54) is 0 Å². The summed E-state index contributed by atoms with van der Waals surface area (Å²) in [5, 5.41) is 0. The maximum Gasteiger partial charge on any atom is 0.294 e. The smallest absolute Gasteiger partial charge is 0.294 e. The number of anilines is 1. The summed E-state index contributed by atoms with van der Waals surface area (Å²) in [7, 11) is 0. The van der Waals surface area contributed by atoms with E-state index in [0.717, 1.165) is 30.8 Å². The Hall–Kier alpha value is -1.97. The molecule has 0 atom stereocenters. The lowest BCUT2D eigenvalue weighted by Gasteiger charge is -2.12. The zero-order valence-corrected chi connectivity index (χ0v) is 10.9. The number of nitrogens with two attached hydrogens (primary N) is 1. The molecule has 2 N–H and O–H groups in total. The molecule has 0 saturated heterocycles. The topological polar surface area (TPSA) is 52.9 Å². The van der Waals surface area contributed by atoms with E-state index in [1.807, 2.05) is 41.9 Å². The van der Waals surface area contributed by atoms with Crippen molar-refractivity contribution in [2.45, 2.75) is 33.2 Å². The van der Waals surface area contributed by atoms with Gasteiger partial charge in [-0.2, -0.15) is 0 Å². The molecule has 0 spiro atoms. The van der Waals surface area contributed by atoms with Crippen molar-refractivity contribution >= 4 is 5.69 Å². The average Bonchev–Trinajstić information content (AvgIpc) is 2.62. The lowest BCUT2D eigenvalue weighted by Crippen LogP contribution is -2.22. The Labute approximate surface area is 107 Å². The summed E-state index contributed by atoms with van der Waals surface area (Å²) in [6, 6.07) is 9.62. The minimum Gasteiger partial charge on any atom is -0.393 e. The van der Waals surface area contributed by atoms with Crippen molar-refractivity contribution in [2.75, 3.05) is 5.73 Å². The van der Waals surface area contributed by atoms with E-state index < -0.39 is 0 Å². The maximum atomic E-state index is 12.2. The summed E-state index contributed by atoms with van der Waals surface area (Å²) in [4.78, 5) is 12.2. The number of rotatable bonds is 4. The van der Waals surface area contributed by atoms with E-state index in [-0.39, 0.29) is 5.56 Å². The Morgan fingerprint density at radius 2 is 1.89 bits per heavy atom. The molecule has 0 aliphatic carbocycles. The van der Waals surface area contributed by atoms with E-state index in [9.17, 15) is 4.79 Å². The maximum absolute atomic E-state index is 12.2. The predicted octanol–water partition coefficient (Wildman–Crippen LogP) is 2.33. The number of unbranched alkanes of at least 4 members (excludes halogenated alkanes) is 1. The molecule has 0 aliphatic rings. The van der Waals surface area contributed by atoms with Crippen LogP contribution >= 0.6 is 0 Å². The van der Waals surface area contributed by atoms with Gasteiger partial charge in [0.1, 0.15) is 5.69 Å². The van der Waals surface area contributed by atoms with E-state index in [2.05, 4.69) is 6.92 Å². The van der Waals surface area contributed by atoms with Gasteiger partial charge in [-0.05, 0) is 25.5 Å². The van der Waals surface area contributed by atoms with Gasteiger partial charge < -0.3 is 5.73 Å². The van der Waals surface area contributed by atoms with E-state index in [0.29, 0.717) is 5.69 Å². The SMILES string of the molecule is CCCCn1c(C)c(N)c(=O)n1-c1ccccc1. The van der Waals surface area contributed by atoms with Crippen molar-refractivity contribution in [3.8, 4) is 5.69 Å². The van der Waals surface area contributed by atoms with Crippen LogP contribution in [0.3, 0.4) is 0 Å². The molecular formula is C14H19N3O. The van der Waals surface area contributed by atoms with Gasteiger partial charge in [0.15, 0.2) is 0 Å². The Balaban J connectivity index is 2.58. The molecule has 2 rings (SSSR count). The highest BCUT2D eigenvalue weighted by molar-refractivity contribution is 5.44. The first-order valence-corrected chi connectivity index (χ1v) is 6.30. The third-order valence-electron chi connectivity index (χ3n) is 3.17. The van der Waals surface area contributed by atoms with Crippen molar-refractivity contribution < 1.29 is 0 Å². The molecule has 0 amide bonds. The number of aromatic nitrogens is 2. The second-order valence-corrected chi connectivity index (χ2v) is 4.43. The van der Waals surface area contributed by atoms with Crippen LogP contribution in [0.15, 0.2) is 35.1 Å². The average molecular weight is 245 g/mol. The summed E-state index contributed by atoms with van der Waals surface area (Å²) in [5.41, 5.74) is 7.78. The molecule has 0 radical (unpaired) electrons. The van der Waals surface area contributed by atoms with E-state index in [4.69, 9.17) is 5.73 Å². The van der Waals surface area contributed by atoms with Gasteiger partial charge >= 0.3 is 0 Å². The summed E-state index contributed by atoms with van der Waals surface area (Å²) < 4.78 is 3.64. The van der Waals surface area contributed by atoms with Crippen LogP contribution in [0.4, 0.5) is 5.69 Å². The minimum absolute atomic E-state index is 0.130. The van der Waals surface area contributed by atoms with Crippen LogP contribution in [0.25, 0.3) is 5.69 Å². The van der Waals surface area contributed by atoms with Crippen molar-refractivity contribution in [2.24, 2.45) is 0 Å². The van der Waals surface area contributed by atoms with Crippen LogP contribution in [-0.2, 0) is 6.54 Å². The second kappa shape index (κ2) is 5.12. The molecule has 0 saturated carbocycles. The summed E-state index contributed by atoms with van der Waals surface area (Å²) >= 11 is 0. The zero-order chi connectivity index (χ0) is 13.1. The third kappa shape index (κ3) is 2.06. The number of para-hydroxylation sites is 1. The van der Waals surface area contributed by atoms with Gasteiger partial charge in [0.2, 0.25) is 0 Å². The fourth-order valence-electron chi connectivity index (χ4n) is 2.07. The van der Waals surface area contributed by atoms with Crippen molar-refractivity contribution in [1.82, 2.24) is 9.36 Å². The number of nitrogen functional groups attached to an aromatic ring is 1. The molecular weight excluding hydrogens is 226 g/mol. The first kappa shape index (κ1) is 12.5. The van der Waals surface area contributed by atoms with E-state index >= 15 is 0 Å². The highest BCUT2D eigenvalue weighted by Gasteiger charge is 2.14. The van der Waals surface area contributed by atoms with Crippen molar-refractivity contribution in [3.63, 3.8) is 0 Å². The zero-order valence-electron chi connectivity index (χ0n) is 10.9. The summed E-state index contributed by atoms with van der Waals surface area (Å²) in [5.74, 6) is 0. The summed E-state index contributed by atoms with van der Waals surface area (Å²) in [6.07, 6.45) is 2.11. The lowest BCUT2D eigenvalue weighted by molar-refractivity contribution is 0.505. The van der Waals surface area contributed by atoms with Crippen LogP contribution in [0.2, 0.25) is 0 Å². The molecule has 0 unspecified atom stereocenters. The highest BCUT2D eigenvalue weighted by Crippen LogP contribution is 2.13. The number of benzene rings is 1. The van der Waals surface area contributed by atoms with Gasteiger partial charge in [-0.1, -0.05) is 31.5 Å². The Morgan fingerprint density at radius 3 is 2.50 bits per heavy atom.